The molecule has 4 rings (SSSR count). The van der Waals surface area contributed by atoms with Gasteiger partial charge in [0.25, 0.3) is 15.9 Å². The zero-order valence-electron chi connectivity index (χ0n) is 23.8. The number of anilines is 2. The number of rotatable bonds is 8. The van der Waals surface area contributed by atoms with Crippen molar-refractivity contribution >= 4 is 33.3 Å². The average Bonchev–Trinajstić information content (AvgIpc) is 3.51. The normalized spacial score (nSPS) is 18.3. The Morgan fingerprint density at radius 1 is 1.29 bits per heavy atom. The van der Waals surface area contributed by atoms with Gasteiger partial charge < -0.3 is 34.5 Å². The van der Waals surface area contributed by atoms with E-state index in [4.69, 9.17) is 9.26 Å². The number of aliphatic hydroxyl groups is 1. The second-order valence-electron chi connectivity index (χ2n) is 10.2. The number of ether oxygens (including phenoxy) is 1. The minimum atomic E-state index is -3.94. The lowest BCUT2D eigenvalue weighted by Crippen LogP contribution is -2.50. The number of amides is 3. The molecule has 0 saturated heterocycles. The number of benzene rings is 1. The molecule has 15 heteroatoms. The summed E-state index contributed by atoms with van der Waals surface area (Å²) < 4.78 is 40.6. The van der Waals surface area contributed by atoms with E-state index in [9.17, 15) is 23.1 Å². The number of carbonyl (C=O) groups excluding carboxylic acids is 2. The molecule has 3 atom stereocenters. The molecule has 14 nitrogen and oxygen atoms in total. The van der Waals surface area contributed by atoms with Crippen molar-refractivity contribution in [2.24, 2.45) is 13.0 Å². The lowest BCUT2D eigenvalue weighted by molar-refractivity contribution is 0.0389. The van der Waals surface area contributed by atoms with Crippen LogP contribution in [0.15, 0.2) is 40.3 Å². The Morgan fingerprint density at radius 2 is 2.02 bits per heavy atom. The summed E-state index contributed by atoms with van der Waals surface area (Å²) in [5, 5.41) is 19.0. The van der Waals surface area contributed by atoms with E-state index in [0.29, 0.717) is 17.1 Å². The maximum Gasteiger partial charge on any atom is 0.323 e. The maximum atomic E-state index is 13.7. The zero-order chi connectivity index (χ0) is 30.1. The van der Waals surface area contributed by atoms with Gasteiger partial charge in [-0.1, -0.05) is 18.1 Å². The Morgan fingerprint density at radius 3 is 2.63 bits per heavy atom. The number of para-hydroxylation sites is 1. The first-order chi connectivity index (χ1) is 19.3. The van der Waals surface area contributed by atoms with Gasteiger partial charge in [0.2, 0.25) is 0 Å². The standard InChI is InChI=1S/C26H35N7O7S/c1-15-10-33(16(2)13-34)25(35)19-8-7-9-20(28-26(36)29-23-17(3)30-40-18(23)4)24(19)39-21(15)11-32(6)41(37,38)22-12-31(5)14-27-22/h7-9,12,14-16,21,34H,10-11,13H2,1-6H3,(H2,28,29,36)/t15-,16+,21+/m0/s1. The molecule has 0 saturated carbocycles. The fourth-order valence-corrected chi connectivity index (χ4v) is 5.66. The first-order valence-electron chi connectivity index (χ1n) is 13.0. The molecular weight excluding hydrogens is 554 g/mol. The van der Waals surface area contributed by atoms with Crippen LogP contribution in [-0.2, 0) is 17.1 Å². The monoisotopic (exact) mass is 589 g/mol. The number of urea groups is 1. The smallest absolute Gasteiger partial charge is 0.323 e. The van der Waals surface area contributed by atoms with E-state index in [1.54, 1.807) is 46.0 Å². The molecule has 1 aliphatic heterocycles. The summed E-state index contributed by atoms with van der Waals surface area (Å²) in [6.45, 7) is 6.75. The molecule has 0 radical (unpaired) electrons. The SMILES string of the molecule is Cc1noc(C)c1NC(=O)Nc1cccc2c1O[C@H](CN(C)S(=O)(=O)c1cn(C)cn1)[C@@H](C)CN([C@H](C)CO)C2=O. The number of sulfonamides is 1. The highest BCUT2D eigenvalue weighted by Gasteiger charge is 2.36. The van der Waals surface area contributed by atoms with Gasteiger partial charge in [-0.3, -0.25) is 4.79 Å². The third kappa shape index (κ3) is 6.21. The van der Waals surface area contributed by atoms with Crippen LogP contribution in [0.5, 0.6) is 5.75 Å². The molecule has 0 unspecified atom stereocenters. The Bertz CT molecular complexity index is 1510. The maximum absolute atomic E-state index is 13.7. The van der Waals surface area contributed by atoms with E-state index in [1.165, 1.54) is 29.0 Å². The molecule has 3 N–H and O–H groups in total. The van der Waals surface area contributed by atoms with Crippen LogP contribution >= 0.6 is 0 Å². The predicted octanol–water partition coefficient (Wildman–Crippen LogP) is 2.21. The third-order valence-corrected chi connectivity index (χ3v) is 8.71. The highest BCUT2D eigenvalue weighted by Crippen LogP contribution is 2.35. The molecule has 3 amide bonds. The van der Waals surface area contributed by atoms with Crippen molar-refractivity contribution in [3.05, 3.63) is 47.7 Å². The van der Waals surface area contributed by atoms with E-state index in [2.05, 4.69) is 20.8 Å². The molecule has 0 aliphatic carbocycles. The second-order valence-corrected chi connectivity index (χ2v) is 12.2. The molecule has 3 heterocycles. The topological polar surface area (TPSA) is 172 Å². The van der Waals surface area contributed by atoms with Crippen molar-refractivity contribution in [1.29, 1.82) is 0 Å². The summed E-state index contributed by atoms with van der Waals surface area (Å²) in [5.74, 6) is -0.253. The van der Waals surface area contributed by atoms with E-state index < -0.39 is 34.1 Å². The molecule has 2 aromatic heterocycles. The number of carbonyl (C=O) groups is 2. The Balaban J connectivity index is 1.70. The first-order valence-corrected chi connectivity index (χ1v) is 14.4. The van der Waals surface area contributed by atoms with Crippen molar-refractivity contribution in [2.45, 2.75) is 44.9 Å². The van der Waals surface area contributed by atoms with Crippen molar-refractivity contribution < 1.29 is 32.4 Å². The van der Waals surface area contributed by atoms with Gasteiger partial charge in [-0.25, -0.2) is 18.2 Å². The Labute approximate surface area is 238 Å². The van der Waals surface area contributed by atoms with Crippen LogP contribution in [0.1, 0.15) is 35.7 Å². The van der Waals surface area contributed by atoms with Gasteiger partial charge in [-0.05, 0) is 32.9 Å². The van der Waals surface area contributed by atoms with Crippen LogP contribution in [0.25, 0.3) is 0 Å². The van der Waals surface area contributed by atoms with Gasteiger partial charge >= 0.3 is 6.03 Å². The fourth-order valence-electron chi connectivity index (χ4n) is 4.52. The number of fused-ring (bicyclic) bond motifs is 1. The quantitative estimate of drug-likeness (QED) is 0.356. The van der Waals surface area contributed by atoms with Gasteiger partial charge in [0.15, 0.2) is 16.5 Å². The summed E-state index contributed by atoms with van der Waals surface area (Å²) in [7, 11) is -0.840. The van der Waals surface area contributed by atoms with Gasteiger partial charge in [-0.2, -0.15) is 4.31 Å². The molecule has 1 aliphatic rings. The Kier molecular flexibility index (Phi) is 8.70. The van der Waals surface area contributed by atoms with E-state index in [-0.39, 0.29) is 47.6 Å². The largest absolute Gasteiger partial charge is 0.486 e. The van der Waals surface area contributed by atoms with Crippen molar-refractivity contribution in [3.63, 3.8) is 0 Å². The number of aliphatic hydroxyl groups excluding tert-OH is 1. The lowest BCUT2D eigenvalue weighted by Gasteiger charge is -2.38. The summed E-state index contributed by atoms with van der Waals surface area (Å²) in [4.78, 5) is 32.1. The van der Waals surface area contributed by atoms with Crippen molar-refractivity contribution in [1.82, 2.24) is 23.9 Å². The van der Waals surface area contributed by atoms with Gasteiger partial charge in [0, 0.05) is 32.8 Å². The minimum absolute atomic E-state index is 0.0747. The fraction of sp³-hybridized carbons (Fsp3) is 0.462. The molecule has 0 spiro atoms. The molecule has 3 aromatic rings. The van der Waals surface area contributed by atoms with Crippen LogP contribution in [0.4, 0.5) is 16.2 Å². The molecule has 1 aromatic carbocycles. The minimum Gasteiger partial charge on any atom is -0.486 e. The van der Waals surface area contributed by atoms with E-state index in [1.807, 2.05) is 6.92 Å². The Hall–Kier alpha value is -3.95. The van der Waals surface area contributed by atoms with Crippen molar-refractivity contribution in [2.75, 3.05) is 37.4 Å². The highest BCUT2D eigenvalue weighted by molar-refractivity contribution is 7.89. The van der Waals surface area contributed by atoms with Crippen LogP contribution < -0.4 is 15.4 Å². The number of imidazole rings is 1. The van der Waals surface area contributed by atoms with E-state index in [0.717, 1.165) is 4.31 Å². The second kappa shape index (κ2) is 11.9. The van der Waals surface area contributed by atoms with Crippen LogP contribution in [0, 0.1) is 19.8 Å². The van der Waals surface area contributed by atoms with Gasteiger partial charge in [0.1, 0.15) is 17.5 Å². The van der Waals surface area contributed by atoms with Gasteiger partial charge in [0.05, 0.1) is 36.8 Å². The molecule has 41 heavy (non-hydrogen) atoms. The number of likely N-dealkylation sites (N-methyl/N-ethyl adjacent to an activating group) is 1. The molecule has 0 bridgehead atoms. The van der Waals surface area contributed by atoms with E-state index >= 15 is 0 Å². The summed E-state index contributed by atoms with van der Waals surface area (Å²) in [6, 6.07) is 3.60. The van der Waals surface area contributed by atoms with Crippen LogP contribution in [0.3, 0.4) is 0 Å². The third-order valence-electron chi connectivity index (χ3n) is 7.00. The molecule has 0 fully saturated rings. The molecule has 222 valence electrons. The summed E-state index contributed by atoms with van der Waals surface area (Å²) in [6.07, 6.45) is 2.07. The summed E-state index contributed by atoms with van der Waals surface area (Å²) >= 11 is 0. The molecular formula is C26H35N7O7S. The van der Waals surface area contributed by atoms with Crippen LogP contribution in [0.2, 0.25) is 0 Å². The van der Waals surface area contributed by atoms with Crippen molar-refractivity contribution in [3.8, 4) is 5.75 Å². The number of aromatic nitrogens is 3. The number of hydrogen-bond acceptors (Lipinski definition) is 9. The van der Waals surface area contributed by atoms with Crippen LogP contribution in [-0.4, -0.2) is 88.3 Å². The number of hydrogen-bond donors (Lipinski definition) is 3. The number of aryl methyl sites for hydroxylation is 3. The highest BCUT2D eigenvalue weighted by atomic mass is 32.2. The number of nitrogens with one attached hydrogen (secondary N) is 2. The first kappa shape index (κ1) is 30.0. The summed E-state index contributed by atoms with van der Waals surface area (Å²) in [5.41, 5.74) is 1.26. The van der Waals surface area contributed by atoms with Gasteiger partial charge in [-0.15, -0.1) is 0 Å². The number of nitrogens with zero attached hydrogens (tertiary/aromatic N) is 5. The zero-order valence-corrected chi connectivity index (χ0v) is 24.6. The predicted molar refractivity (Wildman–Crippen MR) is 149 cm³/mol. The lowest BCUT2D eigenvalue weighted by atomic mass is 9.99. The average molecular weight is 590 g/mol.